The number of amides is 1. The molecule has 6 nitrogen and oxygen atoms in total. The number of nitrogens with zero attached hydrogens (tertiary/aromatic N) is 2. The molecule has 31 heavy (non-hydrogen) atoms. The molecule has 1 N–H and O–H groups in total. The molecule has 1 amide bonds. The maximum Gasteiger partial charge on any atom is 0.252 e. The Morgan fingerprint density at radius 2 is 1.52 bits per heavy atom. The van der Waals surface area contributed by atoms with E-state index in [1.54, 1.807) is 10.4 Å². The molecular formula is C23H37N3O3S2. The van der Waals surface area contributed by atoms with Crippen LogP contribution >= 0.6 is 11.3 Å². The normalized spacial score (nSPS) is 23.5. The Morgan fingerprint density at radius 1 is 0.903 bits per heavy atom. The number of hydrogen-bond donors (Lipinski definition) is 1. The van der Waals surface area contributed by atoms with E-state index in [2.05, 4.69) is 10.2 Å². The molecule has 0 aromatic carbocycles. The summed E-state index contributed by atoms with van der Waals surface area (Å²) in [7, 11) is -3.42. The summed E-state index contributed by atoms with van der Waals surface area (Å²) >= 11 is 1.25. The highest BCUT2D eigenvalue weighted by Crippen LogP contribution is 2.35. The molecule has 1 aliphatic carbocycles. The summed E-state index contributed by atoms with van der Waals surface area (Å²) in [6.45, 7) is 4.23. The van der Waals surface area contributed by atoms with E-state index in [9.17, 15) is 13.2 Å². The summed E-state index contributed by atoms with van der Waals surface area (Å²) in [5.41, 5.74) is 0.118. The number of hydrogen-bond acceptors (Lipinski definition) is 5. The highest BCUT2D eigenvalue weighted by atomic mass is 32.2. The molecule has 2 saturated heterocycles. The lowest BCUT2D eigenvalue weighted by molar-refractivity contribution is -0.121. The standard InChI is InChI=1S/C23H37N3O3S2/c27-21(24-19-23(12-4-1-5-13-23)25-14-6-2-7-15-25)18-20-10-11-22(30-20)31(28,29)26-16-8-3-9-17-26/h10-11H,1-9,12-19H2,(H,24,27). The number of carbonyl (C=O) groups is 1. The first-order chi connectivity index (χ1) is 15.0. The van der Waals surface area contributed by atoms with Crippen molar-refractivity contribution in [3.05, 3.63) is 17.0 Å². The first-order valence-corrected chi connectivity index (χ1v) is 14.4. The lowest BCUT2D eigenvalue weighted by Crippen LogP contribution is -2.58. The van der Waals surface area contributed by atoms with Crippen molar-refractivity contribution in [2.45, 2.75) is 86.8 Å². The Balaban J connectivity index is 1.35. The molecule has 0 unspecified atom stereocenters. The summed E-state index contributed by atoms with van der Waals surface area (Å²) in [4.78, 5) is 16.2. The molecular weight excluding hydrogens is 430 g/mol. The maximum atomic E-state index is 12.9. The van der Waals surface area contributed by atoms with Gasteiger partial charge in [-0.3, -0.25) is 9.69 Å². The van der Waals surface area contributed by atoms with Gasteiger partial charge in [-0.25, -0.2) is 8.42 Å². The smallest absolute Gasteiger partial charge is 0.252 e. The van der Waals surface area contributed by atoms with Crippen LogP contribution in [0, 0.1) is 0 Å². The molecule has 0 spiro atoms. The van der Waals surface area contributed by atoms with Crippen LogP contribution < -0.4 is 5.32 Å². The number of piperidine rings is 2. The van der Waals surface area contributed by atoms with Crippen LogP contribution in [0.25, 0.3) is 0 Å². The zero-order valence-corrected chi connectivity index (χ0v) is 20.2. The van der Waals surface area contributed by atoms with Crippen molar-refractivity contribution in [1.29, 1.82) is 0 Å². The minimum absolute atomic E-state index is 0.00530. The van der Waals surface area contributed by atoms with E-state index in [1.165, 1.54) is 62.7 Å². The van der Waals surface area contributed by atoms with E-state index in [-0.39, 0.29) is 17.9 Å². The van der Waals surface area contributed by atoms with E-state index >= 15 is 0 Å². The van der Waals surface area contributed by atoms with E-state index in [1.807, 2.05) is 6.07 Å². The summed E-state index contributed by atoms with van der Waals surface area (Å²) in [5.74, 6) is 0.00530. The third-order valence-electron chi connectivity index (χ3n) is 7.31. The molecule has 3 fully saturated rings. The third kappa shape index (κ3) is 5.52. The van der Waals surface area contributed by atoms with Gasteiger partial charge >= 0.3 is 0 Å². The summed E-state index contributed by atoms with van der Waals surface area (Å²) in [5, 5.41) is 3.22. The average Bonchev–Trinajstić information content (AvgIpc) is 3.29. The van der Waals surface area contributed by atoms with Crippen LogP contribution in [-0.2, 0) is 21.2 Å². The second-order valence-electron chi connectivity index (χ2n) is 9.47. The molecule has 0 atom stereocenters. The molecule has 0 radical (unpaired) electrons. The molecule has 3 heterocycles. The minimum atomic E-state index is -3.42. The van der Waals surface area contributed by atoms with E-state index < -0.39 is 10.0 Å². The summed E-state index contributed by atoms with van der Waals surface area (Å²) in [6.07, 6.45) is 13.2. The molecule has 2 aliphatic heterocycles. The van der Waals surface area contributed by atoms with Crippen molar-refractivity contribution in [1.82, 2.24) is 14.5 Å². The molecule has 4 rings (SSSR count). The van der Waals surface area contributed by atoms with Crippen LogP contribution in [0.5, 0.6) is 0 Å². The van der Waals surface area contributed by atoms with Crippen LogP contribution in [0.15, 0.2) is 16.3 Å². The minimum Gasteiger partial charge on any atom is -0.354 e. The third-order valence-corrected chi connectivity index (χ3v) is 10.8. The van der Waals surface area contributed by atoms with Crippen molar-refractivity contribution >= 4 is 27.3 Å². The second-order valence-corrected chi connectivity index (χ2v) is 12.8. The lowest BCUT2D eigenvalue weighted by Gasteiger charge is -2.48. The number of likely N-dealkylation sites (tertiary alicyclic amines) is 1. The van der Waals surface area contributed by atoms with Gasteiger partial charge in [0.1, 0.15) is 4.21 Å². The fraction of sp³-hybridized carbons (Fsp3) is 0.783. The van der Waals surface area contributed by atoms with Crippen LogP contribution in [0.3, 0.4) is 0 Å². The first kappa shape index (κ1) is 23.2. The van der Waals surface area contributed by atoms with Gasteiger partial charge in [-0.15, -0.1) is 11.3 Å². The average molecular weight is 468 g/mol. The number of thiophene rings is 1. The van der Waals surface area contributed by atoms with Crippen molar-refractivity contribution < 1.29 is 13.2 Å². The molecule has 1 saturated carbocycles. The molecule has 1 aromatic heterocycles. The molecule has 3 aliphatic rings. The van der Waals surface area contributed by atoms with Gasteiger partial charge in [0.05, 0.1) is 6.42 Å². The fourth-order valence-electron chi connectivity index (χ4n) is 5.49. The fourth-order valence-corrected chi connectivity index (χ4v) is 8.52. The first-order valence-electron chi connectivity index (χ1n) is 12.1. The summed E-state index contributed by atoms with van der Waals surface area (Å²) < 4.78 is 27.7. The SMILES string of the molecule is O=C(Cc1ccc(S(=O)(=O)N2CCCCC2)s1)NCC1(N2CCCCC2)CCCCC1. The molecule has 1 aromatic rings. The Bertz CT molecular complexity index is 834. The van der Waals surface area contributed by atoms with Crippen LogP contribution in [0.1, 0.15) is 75.5 Å². The summed E-state index contributed by atoms with van der Waals surface area (Å²) in [6, 6.07) is 3.48. The van der Waals surface area contributed by atoms with Crippen molar-refractivity contribution in [2.75, 3.05) is 32.7 Å². The quantitative estimate of drug-likeness (QED) is 0.663. The van der Waals surface area contributed by atoms with Gasteiger partial charge in [0.25, 0.3) is 10.0 Å². The highest BCUT2D eigenvalue weighted by Gasteiger charge is 2.38. The second kappa shape index (κ2) is 10.3. The molecule has 0 bridgehead atoms. The Morgan fingerprint density at radius 3 is 2.19 bits per heavy atom. The maximum absolute atomic E-state index is 12.9. The van der Waals surface area contributed by atoms with Gasteiger partial charge in [0.15, 0.2) is 0 Å². The zero-order chi connectivity index (χ0) is 21.7. The van der Waals surface area contributed by atoms with Crippen molar-refractivity contribution in [3.8, 4) is 0 Å². The predicted octanol–water partition coefficient (Wildman–Crippen LogP) is 3.77. The Hall–Kier alpha value is -0.960. The molecule has 174 valence electrons. The van der Waals surface area contributed by atoms with Gasteiger partial charge in [0.2, 0.25) is 5.91 Å². The zero-order valence-electron chi connectivity index (χ0n) is 18.6. The Labute approximate surface area is 191 Å². The van der Waals surface area contributed by atoms with Crippen molar-refractivity contribution in [3.63, 3.8) is 0 Å². The largest absolute Gasteiger partial charge is 0.354 e. The van der Waals surface area contributed by atoms with Gasteiger partial charge in [0, 0.05) is 30.1 Å². The monoisotopic (exact) mass is 467 g/mol. The van der Waals surface area contributed by atoms with E-state index in [0.29, 0.717) is 17.3 Å². The number of sulfonamides is 1. The van der Waals surface area contributed by atoms with Crippen LogP contribution in [-0.4, -0.2) is 61.8 Å². The van der Waals surface area contributed by atoms with Crippen LogP contribution in [0.2, 0.25) is 0 Å². The highest BCUT2D eigenvalue weighted by molar-refractivity contribution is 7.91. The van der Waals surface area contributed by atoms with Gasteiger partial charge in [-0.2, -0.15) is 4.31 Å². The van der Waals surface area contributed by atoms with Gasteiger partial charge in [-0.1, -0.05) is 32.1 Å². The Kier molecular flexibility index (Phi) is 7.72. The van der Waals surface area contributed by atoms with Crippen LogP contribution in [0.4, 0.5) is 0 Å². The number of carbonyl (C=O) groups excluding carboxylic acids is 1. The van der Waals surface area contributed by atoms with E-state index in [0.717, 1.165) is 43.8 Å². The van der Waals surface area contributed by atoms with Crippen molar-refractivity contribution in [2.24, 2.45) is 0 Å². The topological polar surface area (TPSA) is 69.7 Å². The molecule has 8 heteroatoms. The van der Waals surface area contributed by atoms with E-state index in [4.69, 9.17) is 0 Å². The number of nitrogens with one attached hydrogen (secondary N) is 1. The predicted molar refractivity (Wildman–Crippen MR) is 125 cm³/mol. The van der Waals surface area contributed by atoms with Gasteiger partial charge in [-0.05, 0) is 63.7 Å². The number of rotatable bonds is 7. The lowest BCUT2D eigenvalue weighted by atomic mass is 9.79. The van der Waals surface area contributed by atoms with Gasteiger partial charge < -0.3 is 5.32 Å².